The van der Waals surface area contributed by atoms with Crippen molar-refractivity contribution in [3.8, 4) is 11.4 Å². The van der Waals surface area contributed by atoms with Crippen molar-refractivity contribution in [3.63, 3.8) is 0 Å². The second-order valence-corrected chi connectivity index (χ2v) is 6.83. The summed E-state index contributed by atoms with van der Waals surface area (Å²) in [5.41, 5.74) is 1.13. The van der Waals surface area contributed by atoms with Crippen molar-refractivity contribution in [2.75, 3.05) is 19.6 Å². The van der Waals surface area contributed by atoms with Gasteiger partial charge in [0.15, 0.2) is 0 Å². The highest BCUT2D eigenvalue weighted by atomic mass is 35.5. The van der Waals surface area contributed by atoms with Crippen LogP contribution in [0.4, 0.5) is 4.39 Å². The van der Waals surface area contributed by atoms with E-state index in [2.05, 4.69) is 20.8 Å². The molecule has 1 aromatic heterocycles. The molecule has 0 aliphatic carbocycles. The van der Waals surface area contributed by atoms with E-state index in [9.17, 15) is 9.18 Å². The number of hydrogen-bond acceptors (Lipinski definition) is 5. The number of carbonyl (C=O) groups is 1. The summed E-state index contributed by atoms with van der Waals surface area (Å²) in [6, 6.07) is 4.81. The smallest absolute Gasteiger partial charge is 0.227 e. The summed E-state index contributed by atoms with van der Waals surface area (Å²) in [4.78, 5) is 16.2. The van der Waals surface area contributed by atoms with Crippen LogP contribution in [0.3, 0.4) is 0 Å². The van der Waals surface area contributed by atoms with Crippen LogP contribution in [-0.2, 0) is 11.2 Å². The van der Waals surface area contributed by atoms with E-state index in [4.69, 9.17) is 4.52 Å². The molecule has 1 atom stereocenters. The number of aryl methyl sites for hydroxylation is 2. The Morgan fingerprint density at radius 3 is 3.04 bits per heavy atom. The molecular formula is C19H26ClFN4O2. The molecule has 0 saturated carbocycles. The van der Waals surface area contributed by atoms with Gasteiger partial charge in [-0.3, -0.25) is 4.79 Å². The van der Waals surface area contributed by atoms with Crippen molar-refractivity contribution in [2.24, 2.45) is 5.92 Å². The molecule has 1 aromatic carbocycles. The first kappa shape index (κ1) is 21.3. The van der Waals surface area contributed by atoms with Crippen LogP contribution in [0.25, 0.3) is 11.4 Å². The minimum absolute atomic E-state index is 0. The van der Waals surface area contributed by atoms with E-state index in [0.717, 1.165) is 19.5 Å². The van der Waals surface area contributed by atoms with E-state index in [1.54, 1.807) is 19.1 Å². The highest BCUT2D eigenvalue weighted by molar-refractivity contribution is 5.85. The topological polar surface area (TPSA) is 80.0 Å². The molecule has 3 rings (SSSR count). The molecule has 6 nitrogen and oxygen atoms in total. The van der Waals surface area contributed by atoms with Gasteiger partial charge in [0.2, 0.25) is 17.6 Å². The van der Waals surface area contributed by atoms with Crippen molar-refractivity contribution in [2.45, 2.75) is 39.0 Å². The second kappa shape index (κ2) is 10.4. The summed E-state index contributed by atoms with van der Waals surface area (Å²) >= 11 is 0. The van der Waals surface area contributed by atoms with Crippen LogP contribution >= 0.6 is 12.4 Å². The molecule has 27 heavy (non-hydrogen) atoms. The first-order valence-corrected chi connectivity index (χ1v) is 9.18. The number of amides is 1. The zero-order chi connectivity index (χ0) is 18.4. The third-order valence-electron chi connectivity index (χ3n) is 4.74. The lowest BCUT2D eigenvalue weighted by Gasteiger charge is -2.22. The molecular weight excluding hydrogens is 371 g/mol. The summed E-state index contributed by atoms with van der Waals surface area (Å²) in [6.45, 7) is 4.54. The molecule has 1 amide bonds. The summed E-state index contributed by atoms with van der Waals surface area (Å²) in [5, 5.41) is 10.2. The zero-order valence-corrected chi connectivity index (χ0v) is 16.3. The molecule has 1 unspecified atom stereocenters. The van der Waals surface area contributed by atoms with Crippen LogP contribution in [0.1, 0.15) is 37.1 Å². The van der Waals surface area contributed by atoms with Crippen molar-refractivity contribution in [1.29, 1.82) is 0 Å². The number of aromatic nitrogens is 2. The number of rotatable bonds is 7. The van der Waals surface area contributed by atoms with Gasteiger partial charge < -0.3 is 15.2 Å². The van der Waals surface area contributed by atoms with Gasteiger partial charge in [-0.25, -0.2) is 4.39 Å². The van der Waals surface area contributed by atoms with Gasteiger partial charge in [0, 0.05) is 24.9 Å². The summed E-state index contributed by atoms with van der Waals surface area (Å²) in [6.07, 6.45) is 4.11. The standard InChI is InChI=1S/C19H25FN4O2.ClH/c1-13-4-5-15(11-16(13)20)19-23-18(26-24-19)7-6-17(25)22-10-8-14-3-2-9-21-12-14;/h4-5,11,14,21H,2-3,6-10,12H2,1H3,(H,22,25);1H. The van der Waals surface area contributed by atoms with Crippen molar-refractivity contribution < 1.29 is 13.7 Å². The average Bonchev–Trinajstić information content (AvgIpc) is 3.12. The van der Waals surface area contributed by atoms with Gasteiger partial charge in [-0.05, 0) is 56.8 Å². The van der Waals surface area contributed by atoms with Gasteiger partial charge in [0.1, 0.15) is 5.82 Å². The molecule has 8 heteroatoms. The van der Waals surface area contributed by atoms with Gasteiger partial charge in [0.05, 0.1) is 0 Å². The zero-order valence-electron chi connectivity index (χ0n) is 15.5. The van der Waals surface area contributed by atoms with Crippen molar-refractivity contribution >= 4 is 18.3 Å². The molecule has 2 N–H and O–H groups in total. The second-order valence-electron chi connectivity index (χ2n) is 6.83. The molecule has 148 valence electrons. The van der Waals surface area contributed by atoms with Gasteiger partial charge >= 0.3 is 0 Å². The van der Waals surface area contributed by atoms with Gasteiger partial charge in [-0.2, -0.15) is 4.98 Å². The van der Waals surface area contributed by atoms with Crippen molar-refractivity contribution in [3.05, 3.63) is 35.5 Å². The van der Waals surface area contributed by atoms with Crippen LogP contribution in [0.5, 0.6) is 0 Å². The number of carbonyl (C=O) groups excluding carboxylic acids is 1. The maximum Gasteiger partial charge on any atom is 0.227 e. The molecule has 1 aliphatic rings. The van der Waals surface area contributed by atoms with E-state index >= 15 is 0 Å². The minimum Gasteiger partial charge on any atom is -0.356 e. The monoisotopic (exact) mass is 396 g/mol. The van der Waals surface area contributed by atoms with Crippen LogP contribution in [-0.4, -0.2) is 35.7 Å². The molecule has 2 aromatic rings. The van der Waals surface area contributed by atoms with Gasteiger partial charge in [-0.1, -0.05) is 17.3 Å². The number of halogens is 2. The lowest BCUT2D eigenvalue weighted by atomic mass is 9.96. The third-order valence-corrected chi connectivity index (χ3v) is 4.74. The van der Waals surface area contributed by atoms with Crippen molar-refractivity contribution in [1.82, 2.24) is 20.8 Å². The summed E-state index contributed by atoms with van der Waals surface area (Å²) < 4.78 is 18.8. The van der Waals surface area contributed by atoms with Crippen LogP contribution in [0.15, 0.2) is 22.7 Å². The third kappa shape index (κ3) is 6.29. The maximum absolute atomic E-state index is 13.6. The van der Waals surface area contributed by atoms with E-state index in [-0.39, 0.29) is 24.1 Å². The fraction of sp³-hybridized carbons (Fsp3) is 0.526. The Labute approximate surface area is 164 Å². The normalized spacial score (nSPS) is 16.6. The predicted octanol–water partition coefficient (Wildman–Crippen LogP) is 3.04. The largest absolute Gasteiger partial charge is 0.356 e. The number of nitrogens with one attached hydrogen (secondary N) is 2. The highest BCUT2D eigenvalue weighted by Crippen LogP contribution is 2.19. The Morgan fingerprint density at radius 1 is 1.44 bits per heavy atom. The van der Waals surface area contributed by atoms with Gasteiger partial charge in [-0.15, -0.1) is 12.4 Å². The van der Waals surface area contributed by atoms with E-state index in [1.165, 1.54) is 18.9 Å². The molecule has 1 fully saturated rings. The molecule has 2 heterocycles. The van der Waals surface area contributed by atoms with Crippen LogP contribution in [0, 0.1) is 18.7 Å². The Morgan fingerprint density at radius 2 is 2.30 bits per heavy atom. The first-order chi connectivity index (χ1) is 12.6. The number of nitrogens with zero attached hydrogens (tertiary/aromatic N) is 2. The quantitative estimate of drug-likeness (QED) is 0.751. The number of hydrogen-bond donors (Lipinski definition) is 2. The highest BCUT2D eigenvalue weighted by Gasteiger charge is 2.14. The Bertz CT molecular complexity index is 747. The van der Waals surface area contributed by atoms with Crippen LogP contribution < -0.4 is 10.6 Å². The molecule has 0 radical (unpaired) electrons. The SMILES string of the molecule is Cc1ccc(-c2noc(CCC(=O)NCCC3CCCNC3)n2)cc1F.Cl. The van der Waals surface area contributed by atoms with Gasteiger partial charge in [0.25, 0.3) is 0 Å². The molecule has 1 saturated heterocycles. The van der Waals surface area contributed by atoms with Crippen LogP contribution in [0.2, 0.25) is 0 Å². The van der Waals surface area contributed by atoms with E-state index in [1.807, 2.05) is 0 Å². The maximum atomic E-state index is 13.6. The summed E-state index contributed by atoms with van der Waals surface area (Å²) in [5.74, 6) is 1.05. The fourth-order valence-electron chi connectivity index (χ4n) is 3.10. The Hall–Kier alpha value is -1.99. The molecule has 0 bridgehead atoms. The Kier molecular flexibility index (Phi) is 8.19. The predicted molar refractivity (Wildman–Crippen MR) is 103 cm³/mol. The molecule has 1 aliphatic heterocycles. The average molecular weight is 397 g/mol. The van der Waals surface area contributed by atoms with E-state index in [0.29, 0.717) is 48.1 Å². The number of piperidine rings is 1. The lowest BCUT2D eigenvalue weighted by molar-refractivity contribution is -0.121. The molecule has 0 spiro atoms. The summed E-state index contributed by atoms with van der Waals surface area (Å²) in [7, 11) is 0. The fourth-order valence-corrected chi connectivity index (χ4v) is 3.10. The first-order valence-electron chi connectivity index (χ1n) is 9.18. The Balaban J connectivity index is 0.00000261. The van der Waals surface area contributed by atoms with E-state index < -0.39 is 0 Å². The number of benzene rings is 1. The minimum atomic E-state index is -0.304. The lowest BCUT2D eigenvalue weighted by Crippen LogP contribution is -2.33.